The summed E-state index contributed by atoms with van der Waals surface area (Å²) >= 11 is 0. The summed E-state index contributed by atoms with van der Waals surface area (Å²) in [5.41, 5.74) is 0.727. The number of nitrogens with one attached hydrogen (secondary N) is 1. The van der Waals surface area contributed by atoms with Crippen molar-refractivity contribution in [2.24, 2.45) is 5.92 Å². The predicted octanol–water partition coefficient (Wildman–Crippen LogP) is 3.46. The van der Waals surface area contributed by atoms with E-state index in [0.29, 0.717) is 18.0 Å². The first kappa shape index (κ1) is 28.6. The summed E-state index contributed by atoms with van der Waals surface area (Å²) in [4.78, 5) is 32.5. The van der Waals surface area contributed by atoms with Crippen molar-refractivity contribution >= 4 is 17.7 Å². The number of ether oxygens (including phenoxy) is 2. The first-order valence-electron chi connectivity index (χ1n) is 14.6. The Bertz CT molecular complexity index is 1150. The van der Waals surface area contributed by atoms with Crippen LogP contribution in [0.3, 0.4) is 0 Å². The molecule has 1 N–H and O–H groups in total. The zero-order valence-corrected chi connectivity index (χ0v) is 24.1. The number of nitriles is 1. The molecule has 0 radical (unpaired) electrons. The smallest absolute Gasteiger partial charge is 0.411 e. The summed E-state index contributed by atoms with van der Waals surface area (Å²) in [6.07, 6.45) is 3.88. The topological polar surface area (TPSA) is 98.1 Å². The van der Waals surface area contributed by atoms with Crippen molar-refractivity contribution in [2.45, 2.75) is 95.2 Å². The number of fused-ring (bicyclic) bond motifs is 3. The van der Waals surface area contributed by atoms with Gasteiger partial charge in [0.1, 0.15) is 23.5 Å². The fraction of sp³-hybridized carbons (Fsp3) is 0.700. The molecule has 0 aromatic heterocycles. The zero-order valence-electron chi connectivity index (χ0n) is 24.1. The number of aryl methyl sites for hydroxylation is 1. The van der Waals surface area contributed by atoms with Gasteiger partial charge >= 0.3 is 6.09 Å². The SMILES string of the molecule is COC1CC2CN(c3ccc(CCC(C#N)NC(=O)C4C5CCC(C5)N4C(=O)OC(C)(C)C)c(F)c3)CCN2C1. The fourth-order valence-corrected chi connectivity index (χ4v) is 6.97. The monoisotopic (exact) mass is 555 g/mol. The molecule has 3 saturated heterocycles. The molecule has 1 aromatic carbocycles. The third kappa shape index (κ3) is 6.06. The molecule has 1 aliphatic carbocycles. The summed E-state index contributed by atoms with van der Waals surface area (Å²) in [5, 5.41) is 12.6. The molecule has 3 heterocycles. The molecule has 0 spiro atoms. The number of carbonyl (C=O) groups excluding carboxylic acids is 2. The van der Waals surface area contributed by atoms with Crippen LogP contribution < -0.4 is 10.2 Å². The molecule has 10 heteroatoms. The molecule has 4 fully saturated rings. The van der Waals surface area contributed by atoms with E-state index >= 15 is 4.39 Å². The van der Waals surface area contributed by atoms with Gasteiger partial charge in [-0.15, -0.1) is 0 Å². The predicted molar refractivity (Wildman–Crippen MR) is 148 cm³/mol. The Morgan fingerprint density at radius 2 is 1.98 bits per heavy atom. The summed E-state index contributed by atoms with van der Waals surface area (Å²) in [5.74, 6) is -0.566. The molecular formula is C30H42FN5O4. The highest BCUT2D eigenvalue weighted by molar-refractivity contribution is 5.87. The number of anilines is 1. The number of halogens is 1. The minimum atomic E-state index is -0.782. The Labute approximate surface area is 236 Å². The highest BCUT2D eigenvalue weighted by atomic mass is 19.1. The molecule has 6 atom stereocenters. The number of hydrogen-bond acceptors (Lipinski definition) is 7. The van der Waals surface area contributed by atoms with Crippen molar-refractivity contribution in [1.29, 1.82) is 5.26 Å². The van der Waals surface area contributed by atoms with Crippen LogP contribution in [0.5, 0.6) is 0 Å². The number of benzene rings is 1. The van der Waals surface area contributed by atoms with E-state index in [-0.39, 0.29) is 36.2 Å². The van der Waals surface area contributed by atoms with Gasteiger partial charge in [-0.05, 0) is 82.9 Å². The third-order valence-electron chi connectivity index (χ3n) is 8.95. The van der Waals surface area contributed by atoms with Gasteiger partial charge in [0, 0.05) is 51.1 Å². The maximum absolute atomic E-state index is 15.1. The average molecular weight is 556 g/mol. The van der Waals surface area contributed by atoms with Gasteiger partial charge in [-0.25, -0.2) is 9.18 Å². The van der Waals surface area contributed by atoms with E-state index in [1.807, 2.05) is 6.07 Å². The van der Waals surface area contributed by atoms with Crippen molar-refractivity contribution < 1.29 is 23.5 Å². The normalized spacial score (nSPS) is 28.8. The number of piperazine rings is 1. The molecule has 6 unspecified atom stereocenters. The Kier molecular flexibility index (Phi) is 8.25. The third-order valence-corrected chi connectivity index (χ3v) is 8.95. The molecule has 1 saturated carbocycles. The van der Waals surface area contributed by atoms with Crippen LogP contribution in [0.2, 0.25) is 0 Å². The Hall–Kier alpha value is -2.90. The molecular weight excluding hydrogens is 513 g/mol. The van der Waals surface area contributed by atoms with E-state index in [1.165, 1.54) is 0 Å². The lowest BCUT2D eigenvalue weighted by atomic mass is 9.97. The maximum atomic E-state index is 15.1. The van der Waals surface area contributed by atoms with E-state index in [1.54, 1.807) is 44.9 Å². The van der Waals surface area contributed by atoms with Crippen LogP contribution in [-0.4, -0.2) is 91.0 Å². The van der Waals surface area contributed by atoms with Crippen molar-refractivity contribution in [1.82, 2.24) is 15.1 Å². The van der Waals surface area contributed by atoms with E-state index in [4.69, 9.17) is 9.47 Å². The quantitative estimate of drug-likeness (QED) is 0.550. The van der Waals surface area contributed by atoms with Crippen molar-refractivity contribution in [2.75, 3.05) is 38.2 Å². The number of carbonyl (C=O) groups is 2. The van der Waals surface area contributed by atoms with Gasteiger partial charge in [-0.2, -0.15) is 5.26 Å². The van der Waals surface area contributed by atoms with Gasteiger partial charge < -0.3 is 19.7 Å². The number of rotatable bonds is 7. The first-order valence-corrected chi connectivity index (χ1v) is 14.6. The molecule has 40 heavy (non-hydrogen) atoms. The fourth-order valence-electron chi connectivity index (χ4n) is 6.97. The second-order valence-electron chi connectivity index (χ2n) is 12.8. The number of amides is 2. The summed E-state index contributed by atoms with van der Waals surface area (Å²) in [6.45, 7) is 9.00. The van der Waals surface area contributed by atoms with Gasteiger partial charge in [-0.1, -0.05) is 6.07 Å². The Morgan fingerprint density at radius 1 is 1.18 bits per heavy atom. The summed E-state index contributed by atoms with van der Waals surface area (Å²) in [7, 11) is 1.76. The highest BCUT2D eigenvalue weighted by Gasteiger charge is 2.52. The molecule has 9 nitrogen and oxygen atoms in total. The molecule has 1 aromatic rings. The Morgan fingerprint density at radius 3 is 2.67 bits per heavy atom. The number of likely N-dealkylation sites (tertiary alicyclic amines) is 1. The molecule has 2 amide bonds. The molecule has 218 valence electrons. The molecule has 2 bridgehead atoms. The lowest BCUT2D eigenvalue weighted by Crippen LogP contribution is -2.55. The van der Waals surface area contributed by atoms with Crippen LogP contribution in [0.1, 0.15) is 58.4 Å². The maximum Gasteiger partial charge on any atom is 0.411 e. The highest BCUT2D eigenvalue weighted by Crippen LogP contribution is 2.43. The second kappa shape index (κ2) is 11.5. The van der Waals surface area contributed by atoms with Gasteiger partial charge in [0.15, 0.2) is 0 Å². The minimum absolute atomic E-state index is 0.0122. The van der Waals surface area contributed by atoms with Gasteiger partial charge in [0.05, 0.1) is 12.2 Å². The standard InChI is InChI=1S/C30H42FN5O4/c1-30(2,3)40-29(38)36-23-10-7-20(13-23)27(36)28(37)33-21(16-32)8-5-19-6-9-22(15-26(19)31)34-11-12-35-18-25(39-4)14-24(35)17-34/h6,9,15,20-21,23-25,27H,5,7-8,10-14,17-18H2,1-4H3,(H,33,37). The van der Waals surface area contributed by atoms with Crippen LogP contribution in [-0.2, 0) is 20.7 Å². The van der Waals surface area contributed by atoms with Crippen LogP contribution in [0, 0.1) is 23.1 Å². The lowest BCUT2D eigenvalue weighted by Gasteiger charge is -2.38. The number of piperidine rings is 1. The van der Waals surface area contributed by atoms with Crippen molar-refractivity contribution in [3.63, 3.8) is 0 Å². The first-order chi connectivity index (χ1) is 19.1. The van der Waals surface area contributed by atoms with E-state index in [0.717, 1.165) is 57.5 Å². The average Bonchev–Trinajstić information content (AvgIpc) is 3.64. The van der Waals surface area contributed by atoms with E-state index in [2.05, 4.69) is 21.2 Å². The largest absolute Gasteiger partial charge is 0.444 e. The van der Waals surface area contributed by atoms with Crippen molar-refractivity contribution in [3.05, 3.63) is 29.6 Å². The second-order valence-corrected chi connectivity index (χ2v) is 12.8. The van der Waals surface area contributed by atoms with Crippen LogP contribution in [0.15, 0.2) is 18.2 Å². The molecule has 4 aliphatic rings. The Balaban J connectivity index is 1.17. The minimum Gasteiger partial charge on any atom is -0.444 e. The molecule has 5 rings (SSSR count). The van der Waals surface area contributed by atoms with Gasteiger partial charge in [-0.3, -0.25) is 14.6 Å². The van der Waals surface area contributed by atoms with Crippen molar-refractivity contribution in [3.8, 4) is 6.07 Å². The summed E-state index contributed by atoms with van der Waals surface area (Å²) in [6, 6.07) is 6.46. The number of methoxy groups -OCH3 is 1. The van der Waals surface area contributed by atoms with Crippen LogP contribution in [0.4, 0.5) is 14.9 Å². The zero-order chi connectivity index (χ0) is 28.6. The van der Waals surface area contributed by atoms with Gasteiger partial charge in [0.25, 0.3) is 0 Å². The van der Waals surface area contributed by atoms with Crippen LogP contribution >= 0.6 is 0 Å². The summed E-state index contributed by atoms with van der Waals surface area (Å²) < 4.78 is 26.3. The lowest BCUT2D eigenvalue weighted by molar-refractivity contribution is -0.128. The van der Waals surface area contributed by atoms with Crippen LogP contribution in [0.25, 0.3) is 0 Å². The molecule has 3 aliphatic heterocycles. The number of hydrogen-bond donors (Lipinski definition) is 1. The number of nitrogens with zero attached hydrogens (tertiary/aromatic N) is 4. The van der Waals surface area contributed by atoms with E-state index in [9.17, 15) is 14.9 Å². The van der Waals surface area contributed by atoms with Gasteiger partial charge in [0.2, 0.25) is 5.91 Å². The van der Waals surface area contributed by atoms with E-state index < -0.39 is 23.8 Å².